The van der Waals surface area contributed by atoms with Gasteiger partial charge in [-0.1, -0.05) is 110 Å². The normalized spacial score (nSPS) is 27.8. The second-order valence-corrected chi connectivity index (χ2v) is 13.2. The molecule has 0 aromatic carbocycles. The number of amides is 2. The first-order valence-electron chi connectivity index (χ1n) is 16.4. The summed E-state index contributed by atoms with van der Waals surface area (Å²) in [6, 6.07) is 0.700. The fraction of sp³-hybridized carbons (Fsp3) is 0.938. The van der Waals surface area contributed by atoms with E-state index in [9.17, 15) is 9.59 Å². The van der Waals surface area contributed by atoms with Crippen LogP contribution in [0.5, 0.6) is 0 Å². The molecule has 2 N–H and O–H groups in total. The highest BCUT2D eigenvalue weighted by Gasteiger charge is 2.45. The lowest BCUT2D eigenvalue weighted by Crippen LogP contribution is -2.46. The standard InChI is InChI=1S/C32H59N3O3/c1-4-5-6-7-8-9-10-11-12-16-22-29(30(36)33-27-19-17-18-26(2)23-27)38-25-32(3)24-35(34-31(32)37)28-20-14-13-15-21-28/h26-29H,4-25H2,1-3H3,(H,33,36)(H,34,37). The van der Waals surface area contributed by atoms with Gasteiger partial charge in [0.25, 0.3) is 0 Å². The van der Waals surface area contributed by atoms with Gasteiger partial charge in [-0.3, -0.25) is 15.0 Å². The van der Waals surface area contributed by atoms with Crippen molar-refractivity contribution in [2.24, 2.45) is 11.3 Å². The van der Waals surface area contributed by atoms with Crippen LogP contribution in [0, 0.1) is 11.3 Å². The fourth-order valence-corrected chi connectivity index (χ4v) is 6.73. The van der Waals surface area contributed by atoms with Crippen molar-refractivity contribution in [1.29, 1.82) is 0 Å². The van der Waals surface area contributed by atoms with Crippen LogP contribution in [0.15, 0.2) is 0 Å². The lowest BCUT2D eigenvalue weighted by Gasteiger charge is -2.31. The molecule has 1 saturated heterocycles. The van der Waals surface area contributed by atoms with E-state index in [1.807, 2.05) is 6.92 Å². The molecule has 0 spiro atoms. The summed E-state index contributed by atoms with van der Waals surface area (Å²) < 4.78 is 6.35. The van der Waals surface area contributed by atoms with Gasteiger partial charge in [-0.2, -0.15) is 0 Å². The van der Waals surface area contributed by atoms with Crippen molar-refractivity contribution in [1.82, 2.24) is 15.8 Å². The number of carbonyl (C=O) groups excluding carboxylic acids is 2. The molecule has 3 fully saturated rings. The highest BCUT2D eigenvalue weighted by atomic mass is 16.5. The van der Waals surface area contributed by atoms with Crippen molar-refractivity contribution in [2.75, 3.05) is 13.2 Å². The van der Waals surface area contributed by atoms with Crippen LogP contribution in [0.2, 0.25) is 0 Å². The second-order valence-electron chi connectivity index (χ2n) is 13.2. The van der Waals surface area contributed by atoms with Crippen molar-refractivity contribution < 1.29 is 14.3 Å². The van der Waals surface area contributed by atoms with Gasteiger partial charge in [0.2, 0.25) is 11.8 Å². The van der Waals surface area contributed by atoms with E-state index < -0.39 is 11.5 Å². The highest BCUT2D eigenvalue weighted by Crippen LogP contribution is 2.31. The smallest absolute Gasteiger partial charge is 0.249 e. The van der Waals surface area contributed by atoms with E-state index in [0.29, 0.717) is 25.1 Å². The molecule has 4 unspecified atom stereocenters. The monoisotopic (exact) mass is 533 g/mol. The molecule has 3 rings (SSSR count). The topological polar surface area (TPSA) is 70.7 Å². The Morgan fingerprint density at radius 2 is 1.63 bits per heavy atom. The first-order chi connectivity index (χ1) is 18.4. The predicted molar refractivity (Wildman–Crippen MR) is 156 cm³/mol. The Morgan fingerprint density at radius 1 is 0.974 bits per heavy atom. The molecule has 0 aromatic heterocycles. The molecule has 2 saturated carbocycles. The first kappa shape index (κ1) is 31.4. The molecule has 220 valence electrons. The summed E-state index contributed by atoms with van der Waals surface area (Å²) in [5.74, 6) is 0.746. The molecule has 0 aromatic rings. The van der Waals surface area contributed by atoms with Crippen molar-refractivity contribution >= 4 is 11.8 Å². The molecule has 3 aliphatic rings. The van der Waals surface area contributed by atoms with E-state index in [-0.39, 0.29) is 17.9 Å². The van der Waals surface area contributed by atoms with Crippen LogP contribution < -0.4 is 10.7 Å². The van der Waals surface area contributed by atoms with Gasteiger partial charge in [-0.15, -0.1) is 0 Å². The Labute approximate surface area is 233 Å². The lowest BCUT2D eigenvalue weighted by atomic mass is 9.87. The molecule has 0 radical (unpaired) electrons. The van der Waals surface area contributed by atoms with Gasteiger partial charge in [0.15, 0.2) is 0 Å². The van der Waals surface area contributed by atoms with Crippen LogP contribution in [0.1, 0.15) is 149 Å². The number of carbonyl (C=O) groups is 2. The van der Waals surface area contributed by atoms with Gasteiger partial charge in [0.05, 0.1) is 12.0 Å². The van der Waals surface area contributed by atoms with Crippen LogP contribution in [0.25, 0.3) is 0 Å². The van der Waals surface area contributed by atoms with E-state index in [1.165, 1.54) is 83.5 Å². The number of unbranched alkanes of at least 4 members (excludes halogenated alkanes) is 9. The van der Waals surface area contributed by atoms with E-state index in [4.69, 9.17) is 4.74 Å². The first-order valence-corrected chi connectivity index (χ1v) is 16.4. The van der Waals surface area contributed by atoms with Gasteiger partial charge >= 0.3 is 0 Å². The molecule has 6 nitrogen and oxygen atoms in total. The zero-order valence-corrected chi connectivity index (χ0v) is 25.0. The predicted octanol–water partition coefficient (Wildman–Crippen LogP) is 7.06. The summed E-state index contributed by atoms with van der Waals surface area (Å²) in [7, 11) is 0. The highest BCUT2D eigenvalue weighted by molar-refractivity contribution is 5.84. The summed E-state index contributed by atoms with van der Waals surface area (Å²) in [6.45, 7) is 7.53. The van der Waals surface area contributed by atoms with Crippen LogP contribution >= 0.6 is 0 Å². The molecule has 6 heteroatoms. The lowest BCUT2D eigenvalue weighted by molar-refractivity contribution is -0.141. The molecule has 2 aliphatic carbocycles. The number of ether oxygens (including phenoxy) is 1. The molecular weight excluding hydrogens is 474 g/mol. The van der Waals surface area contributed by atoms with E-state index in [2.05, 4.69) is 29.6 Å². The van der Waals surface area contributed by atoms with Gasteiger partial charge < -0.3 is 10.1 Å². The molecule has 1 heterocycles. The molecule has 1 aliphatic heterocycles. The molecule has 4 atom stereocenters. The van der Waals surface area contributed by atoms with Crippen molar-refractivity contribution in [3.63, 3.8) is 0 Å². The summed E-state index contributed by atoms with van der Waals surface area (Å²) in [5.41, 5.74) is 2.54. The number of nitrogens with one attached hydrogen (secondary N) is 2. The maximum atomic E-state index is 13.4. The third kappa shape index (κ3) is 10.4. The average molecular weight is 534 g/mol. The molecule has 38 heavy (non-hydrogen) atoms. The van der Waals surface area contributed by atoms with E-state index in [0.717, 1.165) is 44.9 Å². The zero-order chi connectivity index (χ0) is 27.2. The Kier molecular flexibility index (Phi) is 13.9. The fourth-order valence-electron chi connectivity index (χ4n) is 6.73. The number of hydrogen-bond donors (Lipinski definition) is 2. The second kappa shape index (κ2) is 16.8. The van der Waals surface area contributed by atoms with Gasteiger partial charge in [-0.05, 0) is 44.9 Å². The summed E-state index contributed by atoms with van der Waals surface area (Å²) in [5, 5.41) is 5.48. The minimum absolute atomic E-state index is 0.0335. The minimum Gasteiger partial charge on any atom is -0.367 e. The van der Waals surface area contributed by atoms with Crippen molar-refractivity contribution in [3.05, 3.63) is 0 Å². The van der Waals surface area contributed by atoms with E-state index in [1.54, 1.807) is 0 Å². The molecule has 2 amide bonds. The number of hydrogen-bond acceptors (Lipinski definition) is 4. The summed E-state index contributed by atoms with van der Waals surface area (Å²) in [4.78, 5) is 26.4. The molecule has 0 bridgehead atoms. The van der Waals surface area contributed by atoms with Gasteiger partial charge in [0.1, 0.15) is 6.10 Å². The summed E-state index contributed by atoms with van der Waals surface area (Å²) in [6.07, 6.45) is 23.7. The number of rotatable bonds is 17. The third-order valence-corrected chi connectivity index (χ3v) is 9.33. The Hall–Kier alpha value is -1.14. The van der Waals surface area contributed by atoms with Crippen LogP contribution in [0.3, 0.4) is 0 Å². The maximum Gasteiger partial charge on any atom is 0.249 e. The minimum atomic E-state index is -0.604. The molecular formula is C32H59N3O3. The maximum absolute atomic E-state index is 13.4. The zero-order valence-electron chi connectivity index (χ0n) is 25.0. The van der Waals surface area contributed by atoms with Crippen molar-refractivity contribution in [3.8, 4) is 0 Å². The largest absolute Gasteiger partial charge is 0.367 e. The van der Waals surface area contributed by atoms with Crippen LogP contribution in [0.4, 0.5) is 0 Å². The van der Waals surface area contributed by atoms with Gasteiger partial charge in [-0.25, -0.2) is 5.01 Å². The Morgan fingerprint density at radius 3 is 2.29 bits per heavy atom. The van der Waals surface area contributed by atoms with Gasteiger partial charge in [0, 0.05) is 18.6 Å². The van der Waals surface area contributed by atoms with Crippen molar-refractivity contribution in [2.45, 2.75) is 167 Å². The quantitative estimate of drug-likeness (QED) is 0.196. The third-order valence-electron chi connectivity index (χ3n) is 9.33. The number of nitrogens with zero attached hydrogens (tertiary/aromatic N) is 1. The summed E-state index contributed by atoms with van der Waals surface area (Å²) >= 11 is 0. The SMILES string of the molecule is CCCCCCCCCCCCC(OCC1(C)CN(C2CCCCC2)NC1=O)C(=O)NC1CCCC(C)C1. The average Bonchev–Trinajstić information content (AvgIpc) is 3.21. The van der Waals surface area contributed by atoms with Crippen LogP contribution in [-0.4, -0.2) is 48.2 Å². The van der Waals surface area contributed by atoms with Crippen LogP contribution in [-0.2, 0) is 14.3 Å². The van der Waals surface area contributed by atoms with E-state index >= 15 is 0 Å². The number of hydrazine groups is 1. The Balaban J connectivity index is 1.46. The Bertz CT molecular complexity index is 695.